The van der Waals surface area contributed by atoms with E-state index in [1.807, 2.05) is 50.2 Å². The number of aromatic nitrogens is 4. The normalized spacial score (nSPS) is 10.8. The maximum Gasteiger partial charge on any atom is 0.278 e. The number of para-hydroxylation sites is 2. The van der Waals surface area contributed by atoms with Gasteiger partial charge < -0.3 is 14.8 Å². The molecule has 0 unspecified atom stereocenters. The van der Waals surface area contributed by atoms with Gasteiger partial charge in [0.25, 0.3) is 5.91 Å². The van der Waals surface area contributed by atoms with Crippen LogP contribution in [0.1, 0.15) is 28.8 Å². The van der Waals surface area contributed by atoms with Crippen LogP contribution in [0, 0.1) is 6.92 Å². The Bertz CT molecular complexity index is 1250. The van der Waals surface area contributed by atoms with Gasteiger partial charge in [0.1, 0.15) is 11.5 Å². The van der Waals surface area contributed by atoms with E-state index in [1.165, 1.54) is 0 Å². The Morgan fingerprint density at radius 2 is 1.77 bits per heavy atom. The van der Waals surface area contributed by atoms with Gasteiger partial charge >= 0.3 is 0 Å². The van der Waals surface area contributed by atoms with Crippen molar-refractivity contribution in [3.8, 4) is 22.6 Å². The van der Waals surface area contributed by atoms with Gasteiger partial charge in [-0.1, -0.05) is 31.2 Å². The summed E-state index contributed by atoms with van der Waals surface area (Å²) in [6.07, 6.45) is 0.715. The molecule has 2 aromatic heterocycles. The number of rotatable bonds is 6. The summed E-state index contributed by atoms with van der Waals surface area (Å²) in [5.74, 6) is 0.962. The molecule has 0 aliphatic rings. The highest BCUT2D eigenvalue weighted by molar-refractivity contribution is 6.04. The van der Waals surface area contributed by atoms with Gasteiger partial charge in [-0.15, -0.1) is 10.2 Å². The first-order valence-electron chi connectivity index (χ1n) is 9.91. The van der Waals surface area contributed by atoms with E-state index in [1.54, 1.807) is 30.9 Å². The molecule has 1 amide bonds. The van der Waals surface area contributed by atoms with Crippen LogP contribution in [0.3, 0.4) is 0 Å². The lowest BCUT2D eigenvalue weighted by atomic mass is 10.0. The molecule has 1 N–H and O–H groups in total. The summed E-state index contributed by atoms with van der Waals surface area (Å²) in [5, 5.41) is 16.2. The highest BCUT2D eigenvalue weighted by Crippen LogP contribution is 2.30. The van der Waals surface area contributed by atoms with E-state index in [2.05, 4.69) is 15.5 Å². The number of aryl methyl sites for hydroxylation is 2. The molecule has 0 saturated carbocycles. The molecule has 0 aliphatic heterocycles. The quantitative estimate of drug-likeness (QED) is 0.511. The van der Waals surface area contributed by atoms with Gasteiger partial charge in [-0.2, -0.15) is 5.10 Å². The summed E-state index contributed by atoms with van der Waals surface area (Å²) in [4.78, 5) is 12.9. The second-order valence-electron chi connectivity index (χ2n) is 6.93. The first-order chi connectivity index (χ1) is 15.1. The Balaban J connectivity index is 1.76. The minimum atomic E-state index is -0.379. The van der Waals surface area contributed by atoms with Gasteiger partial charge in [-0.05, 0) is 43.2 Å². The van der Waals surface area contributed by atoms with Gasteiger partial charge in [-0.25, -0.2) is 4.52 Å². The predicted octanol–water partition coefficient (Wildman–Crippen LogP) is 3.93. The predicted molar refractivity (Wildman–Crippen MR) is 118 cm³/mol. The molecule has 0 fully saturated rings. The zero-order valence-electron chi connectivity index (χ0n) is 17.8. The SMILES string of the molecule is CCc1nn2c(C)c(C(=O)Nc3ccccc3OC)nnc2c1-c1ccc(OC)cc1. The van der Waals surface area contributed by atoms with E-state index in [4.69, 9.17) is 14.6 Å². The van der Waals surface area contributed by atoms with Crippen LogP contribution in [0.25, 0.3) is 16.8 Å². The molecule has 0 spiro atoms. The summed E-state index contributed by atoms with van der Waals surface area (Å²) >= 11 is 0. The summed E-state index contributed by atoms with van der Waals surface area (Å²) in [5.41, 5.74) is 4.71. The number of ether oxygens (including phenoxy) is 2. The van der Waals surface area contributed by atoms with Crippen LogP contribution >= 0.6 is 0 Å². The molecule has 2 aromatic carbocycles. The Kier molecular flexibility index (Phi) is 5.53. The maximum atomic E-state index is 12.9. The van der Waals surface area contributed by atoms with Crippen molar-refractivity contribution in [2.75, 3.05) is 19.5 Å². The summed E-state index contributed by atoms with van der Waals surface area (Å²) in [6, 6.07) is 14.9. The largest absolute Gasteiger partial charge is 0.497 e. The molecule has 31 heavy (non-hydrogen) atoms. The first-order valence-corrected chi connectivity index (χ1v) is 9.91. The fourth-order valence-electron chi connectivity index (χ4n) is 3.49. The molecule has 8 nitrogen and oxygen atoms in total. The van der Waals surface area contributed by atoms with Crippen LogP contribution in [0.2, 0.25) is 0 Å². The van der Waals surface area contributed by atoms with Crippen molar-refractivity contribution in [1.29, 1.82) is 0 Å². The molecule has 2 heterocycles. The Labute approximate surface area is 179 Å². The highest BCUT2D eigenvalue weighted by atomic mass is 16.5. The minimum absolute atomic E-state index is 0.199. The average molecular weight is 417 g/mol. The van der Waals surface area contributed by atoms with Crippen molar-refractivity contribution in [1.82, 2.24) is 19.8 Å². The Morgan fingerprint density at radius 3 is 2.45 bits per heavy atom. The van der Waals surface area contributed by atoms with Gasteiger partial charge in [0.15, 0.2) is 11.3 Å². The van der Waals surface area contributed by atoms with Crippen molar-refractivity contribution in [3.63, 3.8) is 0 Å². The van der Waals surface area contributed by atoms with Gasteiger partial charge in [0.2, 0.25) is 0 Å². The zero-order valence-corrected chi connectivity index (χ0v) is 17.8. The number of carbonyl (C=O) groups excluding carboxylic acids is 1. The number of hydrogen-bond donors (Lipinski definition) is 1. The van der Waals surface area contributed by atoms with Crippen LogP contribution in [0.5, 0.6) is 11.5 Å². The van der Waals surface area contributed by atoms with Gasteiger partial charge in [0.05, 0.1) is 36.9 Å². The topological polar surface area (TPSA) is 90.6 Å². The lowest BCUT2D eigenvalue weighted by molar-refractivity contribution is 0.101. The molecule has 158 valence electrons. The molecule has 4 rings (SSSR count). The average Bonchev–Trinajstić information content (AvgIpc) is 3.19. The number of anilines is 1. The minimum Gasteiger partial charge on any atom is -0.497 e. The summed E-state index contributed by atoms with van der Waals surface area (Å²) in [7, 11) is 3.19. The van der Waals surface area contributed by atoms with E-state index in [9.17, 15) is 4.79 Å². The molecular formula is C23H23N5O3. The fourth-order valence-corrected chi connectivity index (χ4v) is 3.49. The number of nitrogens with zero attached hydrogens (tertiary/aromatic N) is 4. The van der Waals surface area contributed by atoms with E-state index in [0.717, 1.165) is 22.6 Å². The smallest absolute Gasteiger partial charge is 0.278 e. The molecular weight excluding hydrogens is 394 g/mol. The van der Waals surface area contributed by atoms with Crippen molar-refractivity contribution < 1.29 is 14.3 Å². The van der Waals surface area contributed by atoms with Gasteiger partial charge in [-0.3, -0.25) is 4.79 Å². The van der Waals surface area contributed by atoms with E-state index >= 15 is 0 Å². The number of carbonyl (C=O) groups is 1. The monoisotopic (exact) mass is 417 g/mol. The van der Waals surface area contributed by atoms with Crippen LogP contribution < -0.4 is 14.8 Å². The van der Waals surface area contributed by atoms with E-state index < -0.39 is 0 Å². The van der Waals surface area contributed by atoms with Crippen molar-refractivity contribution in [3.05, 3.63) is 65.6 Å². The van der Waals surface area contributed by atoms with Crippen molar-refractivity contribution in [2.24, 2.45) is 0 Å². The second-order valence-corrected chi connectivity index (χ2v) is 6.93. The number of benzene rings is 2. The molecule has 0 radical (unpaired) electrons. The van der Waals surface area contributed by atoms with Crippen molar-refractivity contribution in [2.45, 2.75) is 20.3 Å². The van der Waals surface area contributed by atoms with Gasteiger partial charge in [0, 0.05) is 0 Å². The molecule has 0 atom stereocenters. The lowest BCUT2D eigenvalue weighted by Crippen LogP contribution is -2.19. The van der Waals surface area contributed by atoms with Crippen molar-refractivity contribution >= 4 is 17.2 Å². The summed E-state index contributed by atoms with van der Waals surface area (Å²) in [6.45, 7) is 3.84. The number of hydrogen-bond acceptors (Lipinski definition) is 6. The molecule has 0 aliphatic carbocycles. The number of amides is 1. The molecule has 4 aromatic rings. The Morgan fingerprint density at radius 1 is 1.03 bits per heavy atom. The van der Waals surface area contributed by atoms with Crippen LogP contribution in [0.4, 0.5) is 5.69 Å². The Hall–Kier alpha value is -3.94. The zero-order chi connectivity index (χ0) is 22.0. The third-order valence-corrected chi connectivity index (χ3v) is 5.12. The van der Waals surface area contributed by atoms with E-state index in [-0.39, 0.29) is 11.6 Å². The highest BCUT2D eigenvalue weighted by Gasteiger charge is 2.21. The lowest BCUT2D eigenvalue weighted by Gasteiger charge is -2.10. The first kappa shape index (κ1) is 20.3. The second kappa shape index (κ2) is 8.43. The number of nitrogens with one attached hydrogen (secondary N) is 1. The number of methoxy groups -OCH3 is 2. The maximum absolute atomic E-state index is 12.9. The van der Waals surface area contributed by atoms with Crippen LogP contribution in [0.15, 0.2) is 48.5 Å². The molecule has 0 bridgehead atoms. The third-order valence-electron chi connectivity index (χ3n) is 5.12. The molecule has 0 saturated heterocycles. The molecule has 8 heteroatoms. The van der Waals surface area contributed by atoms with Crippen LogP contribution in [-0.4, -0.2) is 39.9 Å². The van der Waals surface area contributed by atoms with E-state index in [0.29, 0.717) is 29.2 Å². The fraction of sp³-hybridized carbons (Fsp3) is 0.217. The van der Waals surface area contributed by atoms with Crippen LogP contribution in [-0.2, 0) is 6.42 Å². The number of fused-ring (bicyclic) bond motifs is 1. The summed E-state index contributed by atoms with van der Waals surface area (Å²) < 4.78 is 12.2. The third kappa shape index (κ3) is 3.68. The standard InChI is InChI=1S/C23H23N5O3/c1-5-17-20(15-10-12-16(30-3)13-11-15)22-26-25-21(14(2)28(22)27-17)23(29)24-18-8-6-7-9-19(18)31-4/h6-13H,5H2,1-4H3,(H,24,29).